The Hall–Kier alpha value is -0.521. The molecule has 10 nitrogen and oxygen atoms in total. The topological polar surface area (TPSA) is 252 Å². The van der Waals surface area contributed by atoms with Crippen LogP contribution in [-0.4, -0.2) is 43.2 Å². The van der Waals surface area contributed by atoms with Crippen molar-refractivity contribution < 1.29 is 60.2 Å². The number of nitrogens with zero attached hydrogens (tertiary/aromatic N) is 1. The van der Waals surface area contributed by atoms with Crippen molar-refractivity contribution in [1.29, 1.82) is 0 Å². The molecular formula is H13FeNO9. The SMILES string of the molecule is O.O.O.O.O.O.O=[N+]([O-])O.[Fe]. The molecule has 0 rings (SSSR count). The van der Waals surface area contributed by atoms with Gasteiger partial charge in [0.2, 0.25) is 0 Å². The number of rotatable bonds is 0. The smallest absolute Gasteiger partial charge is 0.291 e. The summed E-state index contributed by atoms with van der Waals surface area (Å²) in [5, 5.41) is 13.6. The minimum absolute atomic E-state index is 0. The summed E-state index contributed by atoms with van der Waals surface area (Å²) in [4.78, 5) is 8.36. The quantitative estimate of drug-likeness (QED) is 0.241. The monoisotopic (exact) mass is 227 g/mol. The van der Waals surface area contributed by atoms with Crippen molar-refractivity contribution in [2.45, 2.75) is 0 Å². The van der Waals surface area contributed by atoms with E-state index in [2.05, 4.69) is 0 Å². The molecule has 0 bridgehead atoms. The molecule has 11 heavy (non-hydrogen) atoms. The predicted octanol–water partition coefficient (Wildman–Crippen LogP) is -5.30. The molecule has 0 radical (unpaired) electrons. The van der Waals surface area contributed by atoms with Crippen LogP contribution in [0.5, 0.6) is 0 Å². The maximum atomic E-state index is 8.36. The van der Waals surface area contributed by atoms with Gasteiger partial charge in [0.15, 0.2) is 0 Å². The number of hydrogen-bond acceptors (Lipinski definition) is 2. The largest absolute Gasteiger partial charge is 0.412 e. The first kappa shape index (κ1) is 153. The molecule has 0 heterocycles. The molecular weight excluding hydrogens is 214 g/mol. The zero-order valence-electron chi connectivity index (χ0n) is 5.06. The first-order valence-electron chi connectivity index (χ1n) is 0.565. The molecule has 11 heteroatoms. The van der Waals surface area contributed by atoms with Crippen molar-refractivity contribution in [3.63, 3.8) is 0 Å². The molecule has 0 aliphatic carbocycles. The third kappa shape index (κ3) is 1960. The molecule has 0 aromatic rings. The molecule has 0 saturated heterocycles. The van der Waals surface area contributed by atoms with Crippen LogP contribution in [0.1, 0.15) is 0 Å². The van der Waals surface area contributed by atoms with E-state index >= 15 is 0 Å². The van der Waals surface area contributed by atoms with Crippen LogP contribution in [0.4, 0.5) is 0 Å². The van der Waals surface area contributed by atoms with E-state index in [1.54, 1.807) is 0 Å². The van der Waals surface area contributed by atoms with Gasteiger partial charge >= 0.3 is 0 Å². The van der Waals surface area contributed by atoms with Crippen LogP contribution in [-0.2, 0) is 17.1 Å². The summed E-state index contributed by atoms with van der Waals surface area (Å²) >= 11 is 0. The van der Waals surface area contributed by atoms with E-state index in [9.17, 15) is 0 Å². The summed E-state index contributed by atoms with van der Waals surface area (Å²) in [6.07, 6.45) is 0. The van der Waals surface area contributed by atoms with E-state index in [0.29, 0.717) is 0 Å². The molecule has 13 N–H and O–H groups in total. The summed E-state index contributed by atoms with van der Waals surface area (Å²) < 4.78 is 0. The van der Waals surface area contributed by atoms with Gasteiger partial charge in [-0.25, -0.2) is 0 Å². The molecule has 0 amide bonds. The molecule has 0 aliphatic rings. The summed E-state index contributed by atoms with van der Waals surface area (Å²) in [6, 6.07) is 0. The summed E-state index contributed by atoms with van der Waals surface area (Å²) in [7, 11) is 0. The molecule has 0 aliphatic heterocycles. The first-order valence-corrected chi connectivity index (χ1v) is 0.565. The molecule has 0 atom stereocenters. The summed E-state index contributed by atoms with van der Waals surface area (Å²) in [6.45, 7) is 0. The van der Waals surface area contributed by atoms with Gasteiger partial charge in [-0.15, -0.1) is 10.1 Å². The summed E-state index contributed by atoms with van der Waals surface area (Å²) in [5.41, 5.74) is 0. The molecule has 0 unspecified atom stereocenters. The van der Waals surface area contributed by atoms with Crippen molar-refractivity contribution in [3.8, 4) is 0 Å². The van der Waals surface area contributed by atoms with Gasteiger partial charge < -0.3 is 38.1 Å². The second-order valence-corrected chi connectivity index (χ2v) is 0.238. The Balaban J connectivity index is -0.00000000214. The Kier molecular flexibility index (Phi) is 1540. The second-order valence-electron chi connectivity index (χ2n) is 0.238. The standard InChI is InChI=1S/Fe.HNO3.6H2O/c;2-1(3)4;;;;;;/h;(H,2,3,4);6*1H2. The Bertz CT molecular complexity index is 32.5. The van der Waals surface area contributed by atoms with Gasteiger partial charge in [-0.2, -0.15) is 0 Å². The zero-order valence-corrected chi connectivity index (χ0v) is 6.17. The summed E-state index contributed by atoms with van der Waals surface area (Å²) in [5.74, 6) is 0. The molecule has 0 fully saturated rings. The zero-order chi connectivity index (χ0) is 3.58. The molecule has 0 saturated carbocycles. The Morgan fingerprint density at radius 2 is 0.909 bits per heavy atom. The van der Waals surface area contributed by atoms with Gasteiger partial charge in [0.25, 0.3) is 5.09 Å². The van der Waals surface area contributed by atoms with Crippen molar-refractivity contribution in [3.05, 3.63) is 10.1 Å². The van der Waals surface area contributed by atoms with Crippen molar-refractivity contribution in [1.82, 2.24) is 0 Å². The maximum Gasteiger partial charge on any atom is 0.291 e. The van der Waals surface area contributed by atoms with Gasteiger partial charge in [-0.1, -0.05) is 0 Å². The molecule has 0 aromatic carbocycles. The van der Waals surface area contributed by atoms with Crippen LogP contribution in [0.25, 0.3) is 0 Å². The van der Waals surface area contributed by atoms with Gasteiger partial charge in [-0.3, -0.25) is 0 Å². The van der Waals surface area contributed by atoms with Gasteiger partial charge in [0.05, 0.1) is 0 Å². The molecule has 0 spiro atoms. The fourth-order valence-corrected chi connectivity index (χ4v) is 0. The Labute approximate surface area is 71.3 Å². The minimum atomic E-state index is -1.50. The van der Waals surface area contributed by atoms with E-state index in [1.165, 1.54) is 0 Å². The van der Waals surface area contributed by atoms with Crippen molar-refractivity contribution >= 4 is 0 Å². The van der Waals surface area contributed by atoms with E-state index in [0.717, 1.165) is 0 Å². The second kappa shape index (κ2) is 111. The average molecular weight is 227 g/mol. The fourth-order valence-electron chi connectivity index (χ4n) is 0. The average Bonchev–Trinajstić information content (AvgIpc) is 0.811. The van der Waals surface area contributed by atoms with Crippen molar-refractivity contribution in [2.24, 2.45) is 0 Å². The fraction of sp³-hybridized carbons (Fsp3) is 0. The van der Waals surface area contributed by atoms with Crippen LogP contribution >= 0.6 is 0 Å². The normalized spacial score (nSPS) is 2.18. The van der Waals surface area contributed by atoms with Gasteiger partial charge in [0.1, 0.15) is 0 Å². The minimum Gasteiger partial charge on any atom is -0.412 e. The van der Waals surface area contributed by atoms with Crippen molar-refractivity contribution in [2.75, 3.05) is 0 Å². The van der Waals surface area contributed by atoms with Crippen LogP contribution in [0.15, 0.2) is 0 Å². The van der Waals surface area contributed by atoms with Crippen LogP contribution in [0, 0.1) is 10.1 Å². The molecule has 80 valence electrons. The Morgan fingerprint density at radius 1 is 0.909 bits per heavy atom. The third-order valence-corrected chi connectivity index (χ3v) is 0. The van der Waals surface area contributed by atoms with E-state index in [1.807, 2.05) is 0 Å². The van der Waals surface area contributed by atoms with Gasteiger partial charge in [0, 0.05) is 17.1 Å². The molecule has 0 aromatic heterocycles. The van der Waals surface area contributed by atoms with E-state index in [4.69, 9.17) is 15.3 Å². The number of hydrogen-bond donors (Lipinski definition) is 1. The first-order chi connectivity index (χ1) is 1.73. The predicted molar refractivity (Wildman–Crippen MR) is 30.5 cm³/mol. The van der Waals surface area contributed by atoms with Crippen LogP contribution in [0.3, 0.4) is 0 Å². The van der Waals surface area contributed by atoms with E-state index in [-0.39, 0.29) is 49.9 Å². The third-order valence-electron chi connectivity index (χ3n) is 0. The van der Waals surface area contributed by atoms with Crippen LogP contribution < -0.4 is 0 Å². The Morgan fingerprint density at radius 3 is 0.909 bits per heavy atom. The van der Waals surface area contributed by atoms with Crippen LogP contribution in [0.2, 0.25) is 0 Å². The van der Waals surface area contributed by atoms with E-state index < -0.39 is 5.09 Å². The maximum absolute atomic E-state index is 8.36. The van der Waals surface area contributed by atoms with Gasteiger partial charge in [-0.05, 0) is 0 Å².